The summed E-state index contributed by atoms with van der Waals surface area (Å²) in [6.45, 7) is 2.20. The van der Waals surface area contributed by atoms with Gasteiger partial charge in [-0.3, -0.25) is 10.1 Å². The third-order valence-corrected chi connectivity index (χ3v) is 2.98. The Balaban J connectivity index is 2.19. The number of aryl methyl sites for hydroxylation is 1. The molecular weight excluding hydrogens is 290 g/mol. The highest BCUT2D eigenvalue weighted by Gasteiger charge is 2.18. The van der Waals surface area contributed by atoms with E-state index in [1.165, 1.54) is 31.6 Å². The highest BCUT2D eigenvalue weighted by Crippen LogP contribution is 2.26. The molecule has 1 aromatic heterocycles. The zero-order valence-electron chi connectivity index (χ0n) is 12.2. The summed E-state index contributed by atoms with van der Waals surface area (Å²) in [5.41, 5.74) is 0.846. The Hall–Kier alpha value is -2.90. The molecule has 116 valence electrons. The fourth-order valence-electron chi connectivity index (χ4n) is 1.86. The van der Waals surface area contributed by atoms with Gasteiger partial charge < -0.3 is 14.5 Å². The second kappa shape index (κ2) is 6.70. The fraction of sp³-hybridized carbons (Fsp3) is 0.286. The normalized spacial score (nSPS) is 10.3. The minimum absolute atomic E-state index is 0.120. The first-order chi connectivity index (χ1) is 10.5. The van der Waals surface area contributed by atoms with E-state index in [1.807, 2.05) is 6.92 Å². The molecule has 1 N–H and O–H groups in total. The molecule has 22 heavy (non-hydrogen) atoms. The lowest BCUT2D eigenvalue weighted by molar-refractivity contribution is -0.384. The van der Waals surface area contributed by atoms with E-state index in [0.29, 0.717) is 23.7 Å². The minimum atomic E-state index is -0.626. The molecule has 0 bridgehead atoms. The predicted octanol–water partition coefficient (Wildman–Crippen LogP) is 2.54. The van der Waals surface area contributed by atoms with E-state index >= 15 is 0 Å². The van der Waals surface area contributed by atoms with Crippen molar-refractivity contribution in [3.63, 3.8) is 0 Å². The first-order valence-corrected chi connectivity index (χ1v) is 6.59. The Morgan fingerprint density at radius 1 is 1.50 bits per heavy atom. The summed E-state index contributed by atoms with van der Waals surface area (Å²) >= 11 is 0. The van der Waals surface area contributed by atoms with Gasteiger partial charge in [0.1, 0.15) is 12.0 Å². The smallest absolute Gasteiger partial charge is 0.338 e. The van der Waals surface area contributed by atoms with Crippen molar-refractivity contribution in [2.75, 3.05) is 12.4 Å². The van der Waals surface area contributed by atoms with Crippen LogP contribution in [-0.4, -0.2) is 23.0 Å². The molecule has 0 aliphatic carbocycles. The molecule has 8 nitrogen and oxygen atoms in total. The first-order valence-electron chi connectivity index (χ1n) is 6.59. The number of nitro benzene ring substituents is 1. The van der Waals surface area contributed by atoms with Crippen molar-refractivity contribution in [2.45, 2.75) is 19.9 Å². The SMILES string of the molecule is CCc1nc(CNc2ccc(C(=O)OC)cc2[N+](=O)[O-])co1. The van der Waals surface area contributed by atoms with Crippen LogP contribution < -0.4 is 5.32 Å². The topological polar surface area (TPSA) is 108 Å². The van der Waals surface area contributed by atoms with Crippen molar-refractivity contribution in [3.05, 3.63) is 51.7 Å². The number of nitro groups is 1. The number of rotatable bonds is 6. The zero-order valence-corrected chi connectivity index (χ0v) is 12.2. The van der Waals surface area contributed by atoms with E-state index in [4.69, 9.17) is 4.42 Å². The van der Waals surface area contributed by atoms with Gasteiger partial charge in [0, 0.05) is 12.5 Å². The molecule has 0 spiro atoms. The van der Waals surface area contributed by atoms with Crippen LogP contribution in [0.1, 0.15) is 28.9 Å². The Kier molecular flexibility index (Phi) is 4.72. The number of methoxy groups -OCH3 is 1. The van der Waals surface area contributed by atoms with Crippen LogP contribution in [0.5, 0.6) is 0 Å². The summed E-state index contributed by atoms with van der Waals surface area (Å²) in [5, 5.41) is 14.0. The van der Waals surface area contributed by atoms with E-state index in [0.717, 1.165) is 0 Å². The van der Waals surface area contributed by atoms with Gasteiger partial charge in [-0.2, -0.15) is 0 Å². The van der Waals surface area contributed by atoms with Gasteiger partial charge in [0.25, 0.3) is 5.69 Å². The maximum absolute atomic E-state index is 11.4. The number of oxazole rings is 1. The van der Waals surface area contributed by atoms with Gasteiger partial charge in [-0.15, -0.1) is 0 Å². The summed E-state index contributed by atoms with van der Waals surface area (Å²) < 4.78 is 9.75. The molecule has 0 saturated carbocycles. The van der Waals surface area contributed by atoms with Crippen molar-refractivity contribution >= 4 is 17.3 Å². The number of nitrogens with one attached hydrogen (secondary N) is 1. The quantitative estimate of drug-likeness (QED) is 0.496. The molecule has 0 amide bonds. The number of aromatic nitrogens is 1. The summed E-state index contributed by atoms with van der Waals surface area (Å²) in [6.07, 6.45) is 2.18. The van der Waals surface area contributed by atoms with E-state index in [2.05, 4.69) is 15.0 Å². The van der Waals surface area contributed by atoms with Crippen molar-refractivity contribution in [3.8, 4) is 0 Å². The average molecular weight is 305 g/mol. The van der Waals surface area contributed by atoms with Crippen LogP contribution in [0.15, 0.2) is 28.9 Å². The Bertz CT molecular complexity index is 696. The van der Waals surface area contributed by atoms with E-state index in [1.54, 1.807) is 0 Å². The lowest BCUT2D eigenvalue weighted by atomic mass is 10.1. The van der Waals surface area contributed by atoms with Crippen LogP contribution in [0.2, 0.25) is 0 Å². The molecule has 1 aromatic carbocycles. The number of ether oxygens (including phenoxy) is 1. The molecule has 0 saturated heterocycles. The van der Waals surface area contributed by atoms with Gasteiger partial charge in [0.05, 0.1) is 29.8 Å². The molecule has 1 heterocycles. The van der Waals surface area contributed by atoms with Gasteiger partial charge in [-0.1, -0.05) is 6.92 Å². The number of benzene rings is 1. The standard InChI is InChI=1S/C14H15N3O5/c1-3-13-16-10(8-22-13)7-15-11-5-4-9(14(18)21-2)6-12(11)17(19)20/h4-6,8,15H,3,7H2,1-2H3. The van der Waals surface area contributed by atoms with Gasteiger partial charge >= 0.3 is 5.97 Å². The Morgan fingerprint density at radius 3 is 2.86 bits per heavy atom. The Morgan fingerprint density at radius 2 is 2.27 bits per heavy atom. The Labute approximate surface area is 126 Å². The number of carbonyl (C=O) groups excluding carboxylic acids is 1. The molecule has 8 heteroatoms. The molecular formula is C14H15N3O5. The van der Waals surface area contributed by atoms with E-state index in [9.17, 15) is 14.9 Å². The number of esters is 1. The maximum atomic E-state index is 11.4. The van der Waals surface area contributed by atoms with Crippen molar-refractivity contribution in [2.24, 2.45) is 0 Å². The van der Waals surface area contributed by atoms with Crippen molar-refractivity contribution in [1.82, 2.24) is 4.98 Å². The third kappa shape index (κ3) is 3.40. The van der Waals surface area contributed by atoms with Crippen LogP contribution in [0.3, 0.4) is 0 Å². The van der Waals surface area contributed by atoms with Crippen LogP contribution in [0.4, 0.5) is 11.4 Å². The largest absolute Gasteiger partial charge is 0.465 e. The lowest BCUT2D eigenvalue weighted by Gasteiger charge is -2.06. The molecule has 0 fully saturated rings. The number of hydrogen-bond acceptors (Lipinski definition) is 7. The first kappa shape index (κ1) is 15.5. The second-order valence-corrected chi connectivity index (χ2v) is 4.42. The van der Waals surface area contributed by atoms with Gasteiger partial charge in [0.15, 0.2) is 5.89 Å². The maximum Gasteiger partial charge on any atom is 0.338 e. The van der Waals surface area contributed by atoms with Crippen molar-refractivity contribution < 1.29 is 18.9 Å². The van der Waals surface area contributed by atoms with E-state index in [-0.39, 0.29) is 17.8 Å². The molecule has 0 aliphatic rings. The molecule has 2 rings (SSSR count). The van der Waals surface area contributed by atoms with Crippen molar-refractivity contribution in [1.29, 1.82) is 0 Å². The third-order valence-electron chi connectivity index (χ3n) is 2.98. The number of anilines is 1. The number of hydrogen-bond donors (Lipinski definition) is 1. The molecule has 0 atom stereocenters. The van der Waals surface area contributed by atoms with E-state index < -0.39 is 10.9 Å². The minimum Gasteiger partial charge on any atom is -0.465 e. The molecule has 0 radical (unpaired) electrons. The summed E-state index contributed by atoms with van der Waals surface area (Å²) in [5.74, 6) is -0.0222. The lowest BCUT2D eigenvalue weighted by Crippen LogP contribution is -2.06. The van der Waals surface area contributed by atoms with Crippen LogP contribution in [-0.2, 0) is 17.7 Å². The highest BCUT2D eigenvalue weighted by molar-refractivity contribution is 5.91. The van der Waals surface area contributed by atoms with Gasteiger partial charge in [0.2, 0.25) is 0 Å². The zero-order chi connectivity index (χ0) is 16.1. The summed E-state index contributed by atoms with van der Waals surface area (Å²) in [4.78, 5) is 26.2. The molecule has 2 aromatic rings. The van der Waals surface area contributed by atoms with Crippen LogP contribution in [0.25, 0.3) is 0 Å². The van der Waals surface area contributed by atoms with Crippen LogP contribution in [0, 0.1) is 10.1 Å². The fourth-order valence-corrected chi connectivity index (χ4v) is 1.86. The van der Waals surface area contributed by atoms with Gasteiger partial charge in [-0.05, 0) is 12.1 Å². The summed E-state index contributed by atoms with van der Waals surface area (Å²) in [7, 11) is 1.22. The number of carbonyl (C=O) groups is 1. The average Bonchev–Trinajstić information content (AvgIpc) is 3.00. The molecule has 0 aliphatic heterocycles. The van der Waals surface area contributed by atoms with Gasteiger partial charge in [-0.25, -0.2) is 9.78 Å². The predicted molar refractivity (Wildman–Crippen MR) is 77.6 cm³/mol. The highest BCUT2D eigenvalue weighted by atomic mass is 16.6. The monoisotopic (exact) mass is 305 g/mol. The molecule has 0 unspecified atom stereocenters. The summed E-state index contributed by atoms with van der Waals surface area (Å²) in [6, 6.07) is 4.10. The second-order valence-electron chi connectivity index (χ2n) is 4.42. The number of nitrogens with zero attached hydrogens (tertiary/aromatic N) is 2. The van der Waals surface area contributed by atoms with Crippen LogP contribution >= 0.6 is 0 Å².